The van der Waals surface area contributed by atoms with Crippen molar-refractivity contribution in [2.24, 2.45) is 0 Å². The van der Waals surface area contributed by atoms with Crippen LogP contribution in [0, 0.1) is 6.92 Å². The van der Waals surface area contributed by atoms with Crippen LogP contribution < -0.4 is 4.72 Å². The molecule has 1 aromatic heterocycles. The largest absolute Gasteiger partial charge is 0.269 e. The number of nitrogens with one attached hydrogen (secondary N) is 1. The summed E-state index contributed by atoms with van der Waals surface area (Å²) in [5.74, 6) is -0.351. The van der Waals surface area contributed by atoms with E-state index in [1.165, 1.54) is 6.08 Å². The number of aryl methyl sites for hydroxylation is 1. The van der Waals surface area contributed by atoms with E-state index in [0.717, 1.165) is 16.5 Å². The Morgan fingerprint density at radius 2 is 2.24 bits per heavy atom. The van der Waals surface area contributed by atoms with Gasteiger partial charge < -0.3 is 0 Å². The van der Waals surface area contributed by atoms with Crippen molar-refractivity contribution in [2.45, 2.75) is 6.92 Å². The van der Waals surface area contributed by atoms with Gasteiger partial charge in [0.1, 0.15) is 0 Å². The zero-order valence-electron chi connectivity index (χ0n) is 9.01. The Balaban J connectivity index is 2.29. The SMILES string of the molecule is Cc1cccc2cnn(C3=CC(=O)NS3=O)c12. The van der Waals surface area contributed by atoms with Gasteiger partial charge in [-0.1, -0.05) is 18.2 Å². The van der Waals surface area contributed by atoms with Crippen molar-refractivity contribution in [3.63, 3.8) is 0 Å². The monoisotopic (exact) mass is 247 g/mol. The summed E-state index contributed by atoms with van der Waals surface area (Å²) in [5, 5.41) is 5.52. The minimum Gasteiger partial charge on any atom is -0.269 e. The maximum Gasteiger partial charge on any atom is 0.258 e. The predicted octanol–water partition coefficient (Wildman–Crippen LogP) is 0.937. The van der Waals surface area contributed by atoms with E-state index in [1.54, 1.807) is 10.9 Å². The summed E-state index contributed by atoms with van der Waals surface area (Å²) in [6, 6.07) is 5.82. The first-order valence-corrected chi connectivity index (χ1v) is 6.19. The number of fused-ring (bicyclic) bond motifs is 1. The molecule has 2 aromatic rings. The fraction of sp³-hybridized carbons (Fsp3) is 0.0909. The van der Waals surface area contributed by atoms with E-state index in [1.807, 2.05) is 25.1 Å². The number of carbonyl (C=O) groups is 1. The van der Waals surface area contributed by atoms with Gasteiger partial charge in [-0.05, 0) is 12.5 Å². The van der Waals surface area contributed by atoms with Gasteiger partial charge in [-0.25, -0.2) is 8.89 Å². The van der Waals surface area contributed by atoms with Gasteiger partial charge in [0.25, 0.3) is 5.91 Å². The van der Waals surface area contributed by atoms with Gasteiger partial charge in [-0.15, -0.1) is 0 Å². The van der Waals surface area contributed by atoms with Crippen LogP contribution in [-0.2, 0) is 15.8 Å². The zero-order valence-corrected chi connectivity index (χ0v) is 9.82. The van der Waals surface area contributed by atoms with Crippen LogP contribution in [0.25, 0.3) is 15.9 Å². The molecule has 1 aliphatic rings. The lowest BCUT2D eigenvalue weighted by Crippen LogP contribution is -2.17. The highest BCUT2D eigenvalue weighted by Gasteiger charge is 2.23. The molecule has 1 aliphatic heterocycles. The molecule has 0 bridgehead atoms. The number of nitrogens with zero attached hydrogens (tertiary/aromatic N) is 2. The molecule has 0 radical (unpaired) electrons. The molecular weight excluding hydrogens is 238 g/mol. The van der Waals surface area contributed by atoms with Crippen molar-refractivity contribution < 1.29 is 9.00 Å². The quantitative estimate of drug-likeness (QED) is 0.815. The van der Waals surface area contributed by atoms with E-state index >= 15 is 0 Å². The number of amides is 1. The van der Waals surface area contributed by atoms with Crippen LogP contribution in [0.2, 0.25) is 0 Å². The van der Waals surface area contributed by atoms with Crippen LogP contribution >= 0.6 is 0 Å². The first-order valence-electron chi connectivity index (χ1n) is 5.04. The molecule has 0 spiro atoms. The van der Waals surface area contributed by atoms with Crippen molar-refractivity contribution in [2.75, 3.05) is 0 Å². The minimum absolute atomic E-state index is 0.351. The summed E-state index contributed by atoms with van der Waals surface area (Å²) in [7, 11) is -1.52. The average Bonchev–Trinajstić information content (AvgIpc) is 2.83. The molecule has 5 nitrogen and oxygen atoms in total. The maximum atomic E-state index is 11.7. The normalized spacial score (nSPS) is 19.5. The number of aromatic nitrogens is 2. The Hall–Kier alpha value is -1.95. The van der Waals surface area contributed by atoms with E-state index in [0.29, 0.717) is 5.03 Å². The Morgan fingerprint density at radius 3 is 2.94 bits per heavy atom. The molecule has 1 unspecified atom stereocenters. The molecule has 86 valence electrons. The Bertz CT molecular complexity index is 687. The average molecular weight is 247 g/mol. The number of benzene rings is 1. The molecule has 1 N–H and O–H groups in total. The Kier molecular flexibility index (Phi) is 2.12. The summed E-state index contributed by atoms with van der Waals surface area (Å²) in [5.41, 5.74) is 1.90. The molecule has 1 aromatic carbocycles. The topological polar surface area (TPSA) is 64.0 Å². The second-order valence-electron chi connectivity index (χ2n) is 3.79. The Labute approximate surface area is 99.7 Å². The molecule has 2 heterocycles. The van der Waals surface area contributed by atoms with Gasteiger partial charge in [-0.2, -0.15) is 5.10 Å². The summed E-state index contributed by atoms with van der Waals surface area (Å²) in [6.45, 7) is 1.95. The number of para-hydroxylation sites is 1. The summed E-state index contributed by atoms with van der Waals surface area (Å²) in [4.78, 5) is 11.2. The first-order chi connectivity index (χ1) is 8.16. The molecule has 0 fully saturated rings. The lowest BCUT2D eigenvalue weighted by atomic mass is 10.2. The summed E-state index contributed by atoms with van der Waals surface area (Å²) >= 11 is 0. The van der Waals surface area contributed by atoms with Crippen molar-refractivity contribution in [3.8, 4) is 0 Å². The molecule has 6 heteroatoms. The Morgan fingerprint density at radius 1 is 1.41 bits per heavy atom. The lowest BCUT2D eigenvalue weighted by Gasteiger charge is -2.04. The third kappa shape index (κ3) is 1.49. The van der Waals surface area contributed by atoms with Gasteiger partial charge in [-0.3, -0.25) is 9.52 Å². The van der Waals surface area contributed by atoms with E-state index < -0.39 is 11.0 Å². The molecule has 1 atom stereocenters. The van der Waals surface area contributed by atoms with E-state index in [2.05, 4.69) is 9.82 Å². The highest BCUT2D eigenvalue weighted by Crippen LogP contribution is 2.23. The van der Waals surface area contributed by atoms with Crippen LogP contribution in [0.15, 0.2) is 30.5 Å². The van der Waals surface area contributed by atoms with Crippen molar-refractivity contribution >= 4 is 32.8 Å². The fourth-order valence-corrected chi connectivity index (χ4v) is 2.75. The zero-order chi connectivity index (χ0) is 12.0. The van der Waals surface area contributed by atoms with Gasteiger partial charge in [0.15, 0.2) is 16.0 Å². The first kappa shape index (κ1) is 10.2. The maximum absolute atomic E-state index is 11.7. The molecular formula is C11H9N3O2S. The molecule has 0 aliphatic carbocycles. The second-order valence-corrected chi connectivity index (χ2v) is 4.95. The number of hydrogen-bond acceptors (Lipinski definition) is 3. The summed E-state index contributed by atoms with van der Waals surface area (Å²) in [6.07, 6.45) is 3.01. The molecule has 3 rings (SSSR count). The van der Waals surface area contributed by atoms with Crippen LogP contribution in [0.5, 0.6) is 0 Å². The van der Waals surface area contributed by atoms with E-state index in [-0.39, 0.29) is 5.91 Å². The van der Waals surface area contributed by atoms with Crippen LogP contribution in [0.4, 0.5) is 0 Å². The summed E-state index contributed by atoms with van der Waals surface area (Å²) < 4.78 is 15.6. The highest BCUT2D eigenvalue weighted by atomic mass is 32.2. The molecule has 0 saturated heterocycles. The molecule has 0 saturated carbocycles. The third-order valence-corrected chi connectivity index (χ3v) is 3.70. The second kappa shape index (κ2) is 3.53. The van der Waals surface area contributed by atoms with Gasteiger partial charge in [0, 0.05) is 11.5 Å². The molecule has 1 amide bonds. The standard InChI is InChI=1S/C11H9N3O2S/c1-7-3-2-4-8-6-12-14(11(7)8)10-5-9(15)13-17(10)16/h2-6H,1H3,(H,13,15). The van der Waals surface area contributed by atoms with Gasteiger partial charge in [0.2, 0.25) is 0 Å². The third-order valence-electron chi connectivity index (χ3n) is 2.64. The smallest absolute Gasteiger partial charge is 0.258 e. The lowest BCUT2D eigenvalue weighted by molar-refractivity contribution is -0.114. The number of carbonyl (C=O) groups excluding carboxylic acids is 1. The van der Waals surface area contributed by atoms with Crippen molar-refractivity contribution in [1.29, 1.82) is 0 Å². The molecule has 17 heavy (non-hydrogen) atoms. The van der Waals surface area contributed by atoms with Crippen LogP contribution in [0.3, 0.4) is 0 Å². The van der Waals surface area contributed by atoms with Crippen LogP contribution in [-0.4, -0.2) is 19.9 Å². The van der Waals surface area contributed by atoms with Crippen LogP contribution in [0.1, 0.15) is 5.56 Å². The minimum atomic E-state index is -1.52. The van der Waals surface area contributed by atoms with Crippen molar-refractivity contribution in [3.05, 3.63) is 36.0 Å². The number of hydrogen-bond donors (Lipinski definition) is 1. The van der Waals surface area contributed by atoms with E-state index in [9.17, 15) is 9.00 Å². The van der Waals surface area contributed by atoms with Gasteiger partial charge in [0.05, 0.1) is 11.7 Å². The van der Waals surface area contributed by atoms with Crippen molar-refractivity contribution in [1.82, 2.24) is 14.5 Å². The highest BCUT2D eigenvalue weighted by molar-refractivity contribution is 7.93. The van der Waals surface area contributed by atoms with Gasteiger partial charge >= 0.3 is 0 Å². The van der Waals surface area contributed by atoms with E-state index in [4.69, 9.17) is 0 Å². The number of rotatable bonds is 1. The predicted molar refractivity (Wildman–Crippen MR) is 65.0 cm³/mol. The fourth-order valence-electron chi connectivity index (χ4n) is 1.90.